The normalized spacial score (nSPS) is 18.3. The fourth-order valence-electron chi connectivity index (χ4n) is 12.4. The number of aryl methyl sites for hydroxylation is 2. The minimum atomic E-state index is -0.851. The molecule has 0 bridgehead atoms. The summed E-state index contributed by atoms with van der Waals surface area (Å²) in [4.78, 5) is 80.2. The lowest BCUT2D eigenvalue weighted by Gasteiger charge is -2.38. The highest BCUT2D eigenvalue weighted by Gasteiger charge is 2.42. The van der Waals surface area contributed by atoms with Gasteiger partial charge in [-0.25, -0.2) is 19.2 Å². The number of hydrogen-bond acceptors (Lipinski definition) is 13. The number of carbonyl (C=O) groups is 6. The molecule has 0 spiro atoms. The first-order valence-corrected chi connectivity index (χ1v) is 31.4. The van der Waals surface area contributed by atoms with Crippen LogP contribution in [0.4, 0.5) is 0 Å². The van der Waals surface area contributed by atoms with Crippen LogP contribution in [-0.2, 0) is 51.0 Å². The molecule has 6 aromatic carbocycles. The first-order valence-electron chi connectivity index (χ1n) is 31.4. The minimum absolute atomic E-state index is 0.117. The number of hydrogen-bond donors (Lipinski definition) is 1. The van der Waals surface area contributed by atoms with Gasteiger partial charge < -0.3 is 38.4 Å². The number of methoxy groups -OCH3 is 2. The molecule has 4 fully saturated rings. The summed E-state index contributed by atoms with van der Waals surface area (Å²) in [6.45, 7) is 1.40. The summed E-state index contributed by atoms with van der Waals surface area (Å²) in [5, 5.41) is 9.17. The number of likely N-dealkylation sites (tertiary alicyclic amines) is 2. The number of carboxylic acid groups (broad SMARTS) is 1. The summed E-state index contributed by atoms with van der Waals surface area (Å²) >= 11 is 0. The lowest BCUT2D eigenvalue weighted by molar-refractivity contribution is -0.165. The Morgan fingerprint density at radius 3 is 1.31 bits per heavy atom. The van der Waals surface area contributed by atoms with E-state index in [2.05, 4.69) is 17.0 Å². The molecular weight excluding hydrogens is 1110 g/mol. The molecule has 6 atom stereocenters. The Kier molecular flexibility index (Phi) is 25.6. The molecule has 88 heavy (non-hydrogen) atoms. The van der Waals surface area contributed by atoms with E-state index < -0.39 is 54.3 Å². The van der Waals surface area contributed by atoms with Crippen molar-refractivity contribution in [1.82, 2.24) is 9.80 Å². The van der Waals surface area contributed by atoms with Crippen LogP contribution in [0, 0.1) is 11.8 Å². The van der Waals surface area contributed by atoms with Crippen molar-refractivity contribution in [2.75, 3.05) is 34.4 Å². The zero-order valence-electron chi connectivity index (χ0n) is 51.2. The number of likely N-dealkylation sites (N-methyl/N-ethyl adjacent to an activating group) is 1. The second kappa shape index (κ2) is 34.3. The fraction of sp³-hybridized carbons (Fsp3) is 0.425. The van der Waals surface area contributed by atoms with E-state index in [1.54, 1.807) is 53.4 Å². The van der Waals surface area contributed by atoms with Crippen LogP contribution in [0.2, 0.25) is 0 Å². The van der Waals surface area contributed by atoms with Gasteiger partial charge in [0.25, 0.3) is 5.91 Å². The van der Waals surface area contributed by atoms with Crippen LogP contribution in [0.5, 0.6) is 11.5 Å². The highest BCUT2D eigenvalue weighted by Crippen LogP contribution is 2.35. The van der Waals surface area contributed by atoms with Gasteiger partial charge in [0.2, 0.25) is 0 Å². The highest BCUT2D eigenvalue weighted by atomic mass is 16.6. The fourth-order valence-corrected chi connectivity index (χ4v) is 12.4. The molecule has 4 aliphatic rings. The number of amides is 1. The quantitative estimate of drug-likeness (QED) is 0.0500. The highest BCUT2D eigenvalue weighted by molar-refractivity contribution is 5.90. The van der Waals surface area contributed by atoms with Gasteiger partial charge in [0.05, 0.1) is 25.3 Å². The summed E-state index contributed by atoms with van der Waals surface area (Å²) in [5.74, 6) is -0.849. The first kappa shape index (κ1) is 65.7. The number of carbonyl (C=O) groups excluding carboxylic acids is 5. The molecule has 0 radical (unpaired) electrons. The Labute approximate surface area is 518 Å². The second-order valence-electron chi connectivity index (χ2n) is 23.3. The van der Waals surface area contributed by atoms with Gasteiger partial charge in [-0.3, -0.25) is 14.5 Å². The van der Waals surface area contributed by atoms with Crippen molar-refractivity contribution in [3.05, 3.63) is 203 Å². The van der Waals surface area contributed by atoms with Crippen molar-refractivity contribution in [3.63, 3.8) is 0 Å². The number of esters is 4. The molecule has 2 aliphatic carbocycles. The van der Waals surface area contributed by atoms with Crippen LogP contribution in [0.3, 0.4) is 0 Å². The maximum Gasteiger partial charge on any atom is 0.345 e. The monoisotopic (exact) mass is 1200 g/mol. The summed E-state index contributed by atoms with van der Waals surface area (Å²) in [6, 6.07) is 52.1. The minimum Gasteiger partial charge on any atom is -0.480 e. The number of aliphatic carboxylic acids is 1. The number of rotatable bonds is 22. The Bertz CT molecular complexity index is 3130. The molecule has 2 saturated carbocycles. The van der Waals surface area contributed by atoms with Gasteiger partial charge in [-0.2, -0.15) is 0 Å². The lowest BCUT2D eigenvalue weighted by atomic mass is 9.95. The molecule has 10 rings (SSSR count). The third-order valence-corrected chi connectivity index (χ3v) is 17.2. The number of carboxylic acids is 1. The third kappa shape index (κ3) is 19.3. The van der Waals surface area contributed by atoms with Crippen LogP contribution in [0.15, 0.2) is 170 Å². The Morgan fingerprint density at radius 1 is 0.466 bits per heavy atom. The third-order valence-electron chi connectivity index (χ3n) is 17.2. The van der Waals surface area contributed by atoms with Crippen molar-refractivity contribution in [2.24, 2.45) is 11.8 Å². The van der Waals surface area contributed by atoms with E-state index in [9.17, 15) is 28.8 Å². The number of nitrogens with zero attached hydrogens (tertiary/aromatic N) is 2. The van der Waals surface area contributed by atoms with E-state index in [4.69, 9.17) is 33.5 Å². The zero-order chi connectivity index (χ0) is 62.0. The summed E-state index contributed by atoms with van der Waals surface area (Å²) in [7, 11) is 4.68. The Balaban J connectivity index is 0.000000191. The molecule has 1 amide bonds. The van der Waals surface area contributed by atoms with E-state index in [1.165, 1.54) is 19.8 Å². The number of para-hydroxylation sites is 2. The molecule has 2 heterocycles. The lowest BCUT2D eigenvalue weighted by Crippen LogP contribution is -2.54. The number of piperidine rings is 2. The van der Waals surface area contributed by atoms with E-state index in [0.29, 0.717) is 54.9 Å². The van der Waals surface area contributed by atoms with E-state index in [0.717, 1.165) is 113 Å². The predicted octanol–water partition coefficient (Wildman–Crippen LogP) is 13.6. The van der Waals surface area contributed by atoms with Gasteiger partial charge in [0.15, 0.2) is 12.2 Å². The van der Waals surface area contributed by atoms with Crippen LogP contribution in [-0.4, -0.2) is 109 Å². The zero-order valence-corrected chi connectivity index (χ0v) is 51.2. The average molecular weight is 1200 g/mol. The maximum absolute atomic E-state index is 14.2. The van der Waals surface area contributed by atoms with Gasteiger partial charge in [0, 0.05) is 18.4 Å². The molecule has 6 unspecified atom stereocenters. The molecule has 15 nitrogen and oxygen atoms in total. The molecule has 1 N–H and O–H groups in total. The SMILES string of the molecule is COC(=O)c1cccc(C(CCc2ccccc2)OC(=O)C2CCCCN2C(=O)C(Oc2ccccc2)C2CCCC2)c1.COC(=O)c1cccc(C(CCc2ccccc2)OC(=O)C2CCCCN2C)c1.O=C(O)C(Oc1ccccc1)C1CCCC1. The van der Waals surface area contributed by atoms with Gasteiger partial charge in [-0.05, 0) is 168 Å². The van der Waals surface area contributed by atoms with Gasteiger partial charge in [-0.15, -0.1) is 0 Å². The van der Waals surface area contributed by atoms with Gasteiger partial charge >= 0.3 is 29.8 Å². The van der Waals surface area contributed by atoms with Crippen LogP contribution in [0.1, 0.15) is 158 Å². The topological polar surface area (TPSA) is 185 Å². The number of ether oxygens (including phenoxy) is 6. The van der Waals surface area contributed by atoms with Crippen molar-refractivity contribution < 1.29 is 62.3 Å². The van der Waals surface area contributed by atoms with Crippen molar-refractivity contribution in [1.29, 1.82) is 0 Å². The number of benzene rings is 6. The van der Waals surface area contributed by atoms with E-state index >= 15 is 0 Å². The summed E-state index contributed by atoms with van der Waals surface area (Å²) in [6.07, 6.45) is 13.7. The standard InChI is InChI=1S/C36H41NO6.C24H29NO4.C13H16O3/c1-41-35(39)29-18-12-17-28(25-29)32(23-22-26-13-4-2-5-14-26)43-36(40)31-21-10-11-24-37(31)34(38)33(27-15-8-9-16-27)42-30-19-6-3-7-20-30;1-25-16-7-6-13-21(25)24(27)29-22(15-14-18-9-4-3-5-10-18)19-11-8-12-20(17-19)23(26)28-2;14-13(15)12(10-6-4-5-7-10)16-11-8-2-1-3-9-11/h2-7,12-14,17-20,25,27,31-33H,8-11,15-16,21-24H2,1H3;3-5,8-12,17,21-22H,6-7,13-16H2,1-2H3;1-3,8-10,12H,4-7H2,(H,14,15). The summed E-state index contributed by atoms with van der Waals surface area (Å²) < 4.78 is 33.9. The second-order valence-corrected chi connectivity index (χ2v) is 23.3. The smallest absolute Gasteiger partial charge is 0.345 e. The Morgan fingerprint density at radius 2 is 0.864 bits per heavy atom. The molecule has 6 aromatic rings. The molecule has 0 aromatic heterocycles. The van der Waals surface area contributed by atoms with Crippen molar-refractivity contribution in [2.45, 2.75) is 152 Å². The largest absolute Gasteiger partial charge is 0.480 e. The van der Waals surface area contributed by atoms with Gasteiger partial charge in [0.1, 0.15) is 35.8 Å². The van der Waals surface area contributed by atoms with E-state index in [-0.39, 0.29) is 29.8 Å². The van der Waals surface area contributed by atoms with Crippen molar-refractivity contribution in [3.8, 4) is 11.5 Å². The molecule has 2 aliphatic heterocycles. The molecule has 15 heteroatoms. The van der Waals surface area contributed by atoms with E-state index in [1.807, 2.05) is 116 Å². The first-order chi connectivity index (χ1) is 42.9. The van der Waals surface area contributed by atoms with Crippen LogP contribution in [0.25, 0.3) is 0 Å². The van der Waals surface area contributed by atoms with Gasteiger partial charge in [-0.1, -0.05) is 153 Å². The summed E-state index contributed by atoms with van der Waals surface area (Å²) in [5.41, 5.74) is 4.70. The maximum atomic E-state index is 14.2. The van der Waals surface area contributed by atoms with Crippen LogP contribution < -0.4 is 9.47 Å². The van der Waals surface area contributed by atoms with Crippen molar-refractivity contribution >= 4 is 35.8 Å². The molecule has 466 valence electrons. The van der Waals surface area contributed by atoms with Crippen LogP contribution >= 0.6 is 0 Å². The predicted molar refractivity (Wildman–Crippen MR) is 336 cm³/mol. The Hall–Kier alpha value is -8.30. The molecule has 2 saturated heterocycles. The molecular formula is C73H86N2O13. The average Bonchev–Trinajstić information content (AvgIpc) is 4.40.